The summed E-state index contributed by atoms with van der Waals surface area (Å²) in [6, 6.07) is 0. The predicted molar refractivity (Wildman–Crippen MR) is 78.9 cm³/mol. The van der Waals surface area contributed by atoms with E-state index in [9.17, 15) is 4.79 Å². The molecule has 0 unspecified atom stereocenters. The SMILES string of the molecule is CCn1cc(C(=O)N(C)C[C@H]2CCc3nccn3C2)cn1. The van der Waals surface area contributed by atoms with E-state index in [4.69, 9.17) is 0 Å². The predicted octanol–water partition coefficient (Wildman–Crippen LogP) is 1.43. The Balaban J connectivity index is 1.61. The summed E-state index contributed by atoms with van der Waals surface area (Å²) >= 11 is 0. The zero-order chi connectivity index (χ0) is 14.8. The molecule has 0 saturated heterocycles. The normalized spacial score (nSPS) is 17.5. The lowest BCUT2D eigenvalue weighted by Gasteiger charge is -2.28. The molecule has 1 atom stereocenters. The van der Waals surface area contributed by atoms with Gasteiger partial charge < -0.3 is 9.47 Å². The molecule has 0 N–H and O–H groups in total. The number of hydrogen-bond acceptors (Lipinski definition) is 3. The quantitative estimate of drug-likeness (QED) is 0.855. The highest BCUT2D eigenvalue weighted by Crippen LogP contribution is 2.20. The van der Waals surface area contributed by atoms with Crippen LogP contribution < -0.4 is 0 Å². The largest absolute Gasteiger partial charge is 0.341 e. The van der Waals surface area contributed by atoms with Crippen LogP contribution in [0.5, 0.6) is 0 Å². The van der Waals surface area contributed by atoms with Crippen LogP contribution in [0.4, 0.5) is 0 Å². The number of rotatable bonds is 4. The van der Waals surface area contributed by atoms with Gasteiger partial charge in [-0.1, -0.05) is 0 Å². The summed E-state index contributed by atoms with van der Waals surface area (Å²) < 4.78 is 3.97. The Morgan fingerprint density at radius 3 is 3.14 bits per heavy atom. The molecule has 0 spiro atoms. The van der Waals surface area contributed by atoms with Crippen molar-refractivity contribution in [1.82, 2.24) is 24.2 Å². The lowest BCUT2D eigenvalue weighted by molar-refractivity contribution is 0.0760. The van der Waals surface area contributed by atoms with Crippen molar-refractivity contribution in [2.45, 2.75) is 32.9 Å². The Labute approximate surface area is 124 Å². The van der Waals surface area contributed by atoms with Gasteiger partial charge in [0.25, 0.3) is 5.91 Å². The fourth-order valence-corrected chi connectivity index (χ4v) is 2.92. The fraction of sp³-hybridized carbons (Fsp3) is 0.533. The van der Waals surface area contributed by atoms with Gasteiger partial charge in [0.2, 0.25) is 0 Å². The number of amides is 1. The minimum atomic E-state index is 0.0473. The van der Waals surface area contributed by atoms with E-state index in [1.165, 1.54) is 0 Å². The summed E-state index contributed by atoms with van der Waals surface area (Å²) in [5.74, 6) is 1.69. The molecule has 2 aromatic rings. The highest BCUT2D eigenvalue weighted by molar-refractivity contribution is 5.93. The van der Waals surface area contributed by atoms with Crippen LogP contribution in [0, 0.1) is 5.92 Å². The molecule has 0 bridgehead atoms. The Hall–Kier alpha value is -2.11. The minimum absolute atomic E-state index is 0.0473. The number of aryl methyl sites for hydroxylation is 2. The topological polar surface area (TPSA) is 56.0 Å². The van der Waals surface area contributed by atoms with Crippen LogP contribution in [0.25, 0.3) is 0 Å². The standard InChI is InChI=1S/C15H21N5O/c1-3-20-11-13(8-17-20)15(21)18(2)9-12-4-5-14-16-6-7-19(14)10-12/h6-8,11-12H,3-5,9-10H2,1-2H3/t12-/m1/s1. The molecule has 21 heavy (non-hydrogen) atoms. The fourth-order valence-electron chi connectivity index (χ4n) is 2.92. The molecule has 0 aliphatic carbocycles. The summed E-state index contributed by atoms with van der Waals surface area (Å²) in [6.45, 7) is 4.51. The smallest absolute Gasteiger partial charge is 0.256 e. The molecule has 112 valence electrons. The third-order valence-electron chi connectivity index (χ3n) is 4.12. The zero-order valence-electron chi connectivity index (χ0n) is 12.6. The van der Waals surface area contributed by atoms with Crippen LogP contribution in [-0.4, -0.2) is 43.7 Å². The van der Waals surface area contributed by atoms with Crippen molar-refractivity contribution >= 4 is 5.91 Å². The first kappa shape index (κ1) is 13.9. The zero-order valence-corrected chi connectivity index (χ0v) is 12.6. The summed E-state index contributed by atoms with van der Waals surface area (Å²) in [4.78, 5) is 18.5. The van der Waals surface area contributed by atoms with Crippen LogP contribution in [-0.2, 0) is 19.5 Å². The number of carbonyl (C=O) groups is 1. The van der Waals surface area contributed by atoms with Gasteiger partial charge in [-0.25, -0.2) is 4.98 Å². The lowest BCUT2D eigenvalue weighted by Crippen LogP contribution is -2.35. The Bertz CT molecular complexity index is 630. The molecular formula is C15H21N5O. The monoisotopic (exact) mass is 287 g/mol. The van der Waals surface area contributed by atoms with Crippen LogP contribution >= 0.6 is 0 Å². The maximum absolute atomic E-state index is 12.4. The maximum atomic E-state index is 12.4. The van der Waals surface area contributed by atoms with Gasteiger partial charge in [0, 0.05) is 51.7 Å². The van der Waals surface area contributed by atoms with Gasteiger partial charge in [0.15, 0.2) is 0 Å². The van der Waals surface area contributed by atoms with Crippen LogP contribution in [0.3, 0.4) is 0 Å². The molecule has 1 aliphatic rings. The van der Waals surface area contributed by atoms with Gasteiger partial charge in [-0.05, 0) is 19.3 Å². The van der Waals surface area contributed by atoms with E-state index < -0.39 is 0 Å². The first-order valence-electron chi connectivity index (χ1n) is 7.45. The Morgan fingerprint density at radius 1 is 1.52 bits per heavy atom. The number of hydrogen-bond donors (Lipinski definition) is 0. The molecule has 0 aromatic carbocycles. The number of aromatic nitrogens is 4. The van der Waals surface area contributed by atoms with Crippen LogP contribution in [0.15, 0.2) is 24.8 Å². The average Bonchev–Trinajstić information content (AvgIpc) is 3.14. The van der Waals surface area contributed by atoms with Gasteiger partial charge in [-0.3, -0.25) is 9.48 Å². The average molecular weight is 287 g/mol. The third kappa shape index (κ3) is 2.84. The van der Waals surface area contributed by atoms with E-state index in [0.717, 1.165) is 38.3 Å². The molecule has 3 heterocycles. The second-order valence-corrected chi connectivity index (χ2v) is 5.67. The van der Waals surface area contributed by atoms with E-state index >= 15 is 0 Å². The maximum Gasteiger partial charge on any atom is 0.256 e. The van der Waals surface area contributed by atoms with Crippen molar-refractivity contribution in [1.29, 1.82) is 0 Å². The summed E-state index contributed by atoms with van der Waals surface area (Å²) in [5.41, 5.74) is 0.665. The second kappa shape index (κ2) is 5.71. The lowest BCUT2D eigenvalue weighted by atomic mass is 9.99. The van der Waals surface area contributed by atoms with Gasteiger partial charge in [-0.2, -0.15) is 5.10 Å². The van der Waals surface area contributed by atoms with Crippen molar-refractivity contribution < 1.29 is 4.79 Å². The molecule has 0 radical (unpaired) electrons. The van der Waals surface area contributed by atoms with Crippen molar-refractivity contribution in [2.24, 2.45) is 5.92 Å². The summed E-state index contributed by atoms with van der Waals surface area (Å²) in [7, 11) is 1.87. The Kier molecular flexibility index (Phi) is 3.77. The highest BCUT2D eigenvalue weighted by Gasteiger charge is 2.22. The minimum Gasteiger partial charge on any atom is -0.341 e. The molecular weight excluding hydrogens is 266 g/mol. The molecule has 2 aromatic heterocycles. The Morgan fingerprint density at radius 2 is 2.38 bits per heavy atom. The number of nitrogens with zero attached hydrogens (tertiary/aromatic N) is 5. The molecule has 1 amide bonds. The highest BCUT2D eigenvalue weighted by atomic mass is 16.2. The van der Waals surface area contributed by atoms with E-state index in [1.807, 2.05) is 37.5 Å². The van der Waals surface area contributed by atoms with Crippen LogP contribution in [0.1, 0.15) is 29.5 Å². The molecule has 0 fully saturated rings. The van der Waals surface area contributed by atoms with Crippen LogP contribution in [0.2, 0.25) is 0 Å². The van der Waals surface area contributed by atoms with Gasteiger partial charge in [0.1, 0.15) is 5.82 Å². The third-order valence-corrected chi connectivity index (χ3v) is 4.12. The van der Waals surface area contributed by atoms with E-state index in [1.54, 1.807) is 10.9 Å². The number of carbonyl (C=O) groups excluding carboxylic acids is 1. The van der Waals surface area contributed by atoms with Crippen molar-refractivity contribution in [3.63, 3.8) is 0 Å². The van der Waals surface area contributed by atoms with Crippen molar-refractivity contribution in [3.05, 3.63) is 36.2 Å². The summed E-state index contributed by atoms with van der Waals surface area (Å²) in [6.07, 6.45) is 9.42. The first-order valence-corrected chi connectivity index (χ1v) is 7.45. The van der Waals surface area contributed by atoms with Gasteiger partial charge >= 0.3 is 0 Å². The molecule has 0 saturated carbocycles. The van der Waals surface area contributed by atoms with Crippen molar-refractivity contribution in [2.75, 3.05) is 13.6 Å². The summed E-state index contributed by atoms with van der Waals surface area (Å²) in [5, 5.41) is 4.16. The number of imidazole rings is 1. The van der Waals surface area contributed by atoms with Crippen molar-refractivity contribution in [3.8, 4) is 0 Å². The van der Waals surface area contributed by atoms with E-state index in [-0.39, 0.29) is 5.91 Å². The van der Waals surface area contributed by atoms with E-state index in [2.05, 4.69) is 14.6 Å². The molecule has 6 heteroatoms. The first-order chi connectivity index (χ1) is 10.2. The number of fused-ring (bicyclic) bond motifs is 1. The molecule has 6 nitrogen and oxygen atoms in total. The van der Waals surface area contributed by atoms with Gasteiger partial charge in [0.05, 0.1) is 11.8 Å². The molecule has 3 rings (SSSR count). The molecule has 1 aliphatic heterocycles. The van der Waals surface area contributed by atoms with Gasteiger partial charge in [-0.15, -0.1) is 0 Å². The van der Waals surface area contributed by atoms with E-state index in [0.29, 0.717) is 11.5 Å². The second-order valence-electron chi connectivity index (χ2n) is 5.67.